The number of unbranched alkanes of at least 4 members (excludes halogenated alkanes) is 6. The van der Waals surface area contributed by atoms with Crippen molar-refractivity contribution in [3.63, 3.8) is 0 Å². The van der Waals surface area contributed by atoms with Crippen LogP contribution in [0.1, 0.15) is 57.6 Å². The van der Waals surface area contributed by atoms with Gasteiger partial charge in [-0.1, -0.05) is 75.8 Å². The lowest BCUT2D eigenvalue weighted by atomic mass is 10.1. The van der Waals surface area contributed by atoms with Gasteiger partial charge in [-0.15, -0.1) is 0 Å². The first kappa shape index (κ1) is 20.8. The summed E-state index contributed by atoms with van der Waals surface area (Å²) < 4.78 is 1.93. The van der Waals surface area contributed by atoms with Crippen molar-refractivity contribution in [2.24, 2.45) is 0 Å². The number of nitro benzene ring substituents is 1. The molecule has 0 saturated heterocycles. The van der Waals surface area contributed by atoms with E-state index in [2.05, 4.69) is 25.1 Å². The Balaban J connectivity index is 1.76. The molecular formula is C24H29N3O2. The third kappa shape index (κ3) is 5.76. The van der Waals surface area contributed by atoms with E-state index in [4.69, 9.17) is 5.10 Å². The number of rotatable bonds is 11. The molecule has 0 fully saturated rings. The van der Waals surface area contributed by atoms with E-state index in [1.165, 1.54) is 50.7 Å². The topological polar surface area (TPSA) is 61.0 Å². The normalized spacial score (nSPS) is 10.9. The number of hydrogen-bond acceptors (Lipinski definition) is 3. The lowest BCUT2D eigenvalue weighted by Crippen LogP contribution is -2.02. The monoisotopic (exact) mass is 391 g/mol. The number of hydrogen-bond donors (Lipinski definition) is 0. The van der Waals surface area contributed by atoms with Gasteiger partial charge in [-0.3, -0.25) is 10.1 Å². The second kappa shape index (κ2) is 10.6. The summed E-state index contributed by atoms with van der Waals surface area (Å²) >= 11 is 0. The lowest BCUT2D eigenvalue weighted by molar-refractivity contribution is -0.384. The van der Waals surface area contributed by atoms with Crippen molar-refractivity contribution < 1.29 is 4.92 Å². The average Bonchev–Trinajstić information content (AvgIpc) is 3.18. The van der Waals surface area contributed by atoms with Gasteiger partial charge in [0.25, 0.3) is 5.69 Å². The van der Waals surface area contributed by atoms with Crippen LogP contribution in [-0.2, 0) is 6.42 Å². The zero-order chi connectivity index (χ0) is 20.5. The molecule has 1 aromatic heterocycles. The van der Waals surface area contributed by atoms with Crippen LogP contribution < -0.4 is 0 Å². The molecule has 152 valence electrons. The van der Waals surface area contributed by atoms with Crippen LogP contribution in [0.2, 0.25) is 0 Å². The molecule has 0 atom stereocenters. The van der Waals surface area contributed by atoms with E-state index in [1.54, 1.807) is 12.1 Å². The number of benzene rings is 2. The maximum Gasteiger partial charge on any atom is 0.269 e. The molecule has 2 aromatic carbocycles. The number of aromatic nitrogens is 2. The maximum atomic E-state index is 11.0. The van der Waals surface area contributed by atoms with Crippen molar-refractivity contribution in [2.75, 3.05) is 0 Å². The van der Waals surface area contributed by atoms with E-state index >= 15 is 0 Å². The highest BCUT2D eigenvalue weighted by Gasteiger charge is 2.12. The standard InChI is InChI=1S/C24H29N3O2/c1-2-3-4-5-6-7-11-14-23-19-24(20-12-9-8-10-13-20)25-26(23)21-15-17-22(18-16-21)27(28)29/h8-10,12-13,15-19H,2-7,11,14H2,1H3. The second-order valence-electron chi connectivity index (χ2n) is 7.44. The molecule has 5 nitrogen and oxygen atoms in total. The maximum absolute atomic E-state index is 11.0. The SMILES string of the molecule is CCCCCCCCCc1cc(-c2ccccc2)nn1-c1ccc([N+](=O)[O-])cc1. The summed E-state index contributed by atoms with van der Waals surface area (Å²) in [5.74, 6) is 0. The van der Waals surface area contributed by atoms with E-state index < -0.39 is 0 Å². The van der Waals surface area contributed by atoms with Crippen molar-refractivity contribution in [1.82, 2.24) is 9.78 Å². The smallest absolute Gasteiger partial charge is 0.258 e. The largest absolute Gasteiger partial charge is 0.269 e. The Morgan fingerprint density at radius 3 is 2.21 bits per heavy atom. The van der Waals surface area contributed by atoms with Crippen molar-refractivity contribution >= 4 is 5.69 Å². The Bertz CT molecular complexity index is 902. The van der Waals surface area contributed by atoms with E-state index in [1.807, 2.05) is 22.9 Å². The molecule has 5 heteroatoms. The van der Waals surface area contributed by atoms with Crippen LogP contribution in [0, 0.1) is 10.1 Å². The van der Waals surface area contributed by atoms with Gasteiger partial charge in [0.15, 0.2) is 0 Å². The Kier molecular flexibility index (Phi) is 7.56. The van der Waals surface area contributed by atoms with Crippen LogP contribution in [0.5, 0.6) is 0 Å². The van der Waals surface area contributed by atoms with Crippen LogP contribution in [0.4, 0.5) is 5.69 Å². The minimum atomic E-state index is -0.373. The van der Waals surface area contributed by atoms with E-state index in [0.717, 1.165) is 35.5 Å². The Hall–Kier alpha value is -2.95. The van der Waals surface area contributed by atoms with Crippen LogP contribution in [-0.4, -0.2) is 14.7 Å². The highest BCUT2D eigenvalue weighted by Crippen LogP contribution is 2.24. The van der Waals surface area contributed by atoms with Gasteiger partial charge in [-0.25, -0.2) is 4.68 Å². The average molecular weight is 392 g/mol. The van der Waals surface area contributed by atoms with Crippen molar-refractivity contribution in [2.45, 2.75) is 58.3 Å². The van der Waals surface area contributed by atoms with Crippen LogP contribution in [0.15, 0.2) is 60.7 Å². The second-order valence-corrected chi connectivity index (χ2v) is 7.44. The summed E-state index contributed by atoms with van der Waals surface area (Å²) in [7, 11) is 0. The van der Waals surface area contributed by atoms with Gasteiger partial charge in [0.1, 0.15) is 0 Å². The Morgan fingerprint density at radius 1 is 0.897 bits per heavy atom. The van der Waals surface area contributed by atoms with Crippen molar-refractivity contribution in [3.05, 3.63) is 76.5 Å². The molecule has 3 rings (SSSR count). The molecular weight excluding hydrogens is 362 g/mol. The fourth-order valence-electron chi connectivity index (χ4n) is 3.55. The third-order valence-electron chi connectivity index (χ3n) is 5.19. The number of nitro groups is 1. The molecule has 0 aliphatic rings. The van der Waals surface area contributed by atoms with Gasteiger partial charge < -0.3 is 0 Å². The van der Waals surface area contributed by atoms with Crippen LogP contribution >= 0.6 is 0 Å². The predicted octanol–water partition coefficient (Wildman–Crippen LogP) is 6.74. The summed E-state index contributed by atoms with van der Waals surface area (Å²) in [6.45, 7) is 2.24. The third-order valence-corrected chi connectivity index (χ3v) is 5.19. The van der Waals surface area contributed by atoms with Crippen molar-refractivity contribution in [1.29, 1.82) is 0 Å². The fraction of sp³-hybridized carbons (Fsp3) is 0.375. The van der Waals surface area contributed by atoms with Gasteiger partial charge in [-0.05, 0) is 31.0 Å². The van der Waals surface area contributed by atoms with E-state index in [-0.39, 0.29) is 10.6 Å². The number of non-ortho nitro benzene ring substituents is 1. The van der Waals surface area contributed by atoms with Gasteiger partial charge >= 0.3 is 0 Å². The Morgan fingerprint density at radius 2 is 1.55 bits per heavy atom. The molecule has 0 amide bonds. The van der Waals surface area contributed by atoms with Gasteiger partial charge in [0.05, 0.1) is 16.3 Å². The first-order valence-electron chi connectivity index (χ1n) is 10.6. The van der Waals surface area contributed by atoms with Crippen molar-refractivity contribution in [3.8, 4) is 16.9 Å². The first-order chi connectivity index (χ1) is 14.2. The zero-order valence-electron chi connectivity index (χ0n) is 17.1. The molecule has 0 aliphatic heterocycles. The highest BCUT2D eigenvalue weighted by atomic mass is 16.6. The fourth-order valence-corrected chi connectivity index (χ4v) is 3.55. The quantitative estimate of drug-likeness (QED) is 0.206. The summed E-state index contributed by atoms with van der Waals surface area (Å²) in [4.78, 5) is 10.6. The number of nitrogens with zero attached hydrogens (tertiary/aromatic N) is 3. The van der Waals surface area contributed by atoms with Crippen LogP contribution in [0.25, 0.3) is 16.9 Å². The molecule has 1 heterocycles. The first-order valence-corrected chi connectivity index (χ1v) is 10.6. The molecule has 0 saturated carbocycles. The summed E-state index contributed by atoms with van der Waals surface area (Å²) in [6.07, 6.45) is 9.81. The van der Waals surface area contributed by atoms with E-state index in [0.29, 0.717) is 0 Å². The highest BCUT2D eigenvalue weighted by molar-refractivity contribution is 5.60. The van der Waals surface area contributed by atoms with Gasteiger partial charge in [-0.2, -0.15) is 5.10 Å². The van der Waals surface area contributed by atoms with Gasteiger partial charge in [0.2, 0.25) is 0 Å². The zero-order valence-corrected chi connectivity index (χ0v) is 17.1. The predicted molar refractivity (Wildman–Crippen MR) is 117 cm³/mol. The molecule has 29 heavy (non-hydrogen) atoms. The molecule has 3 aromatic rings. The lowest BCUT2D eigenvalue weighted by Gasteiger charge is -2.07. The minimum absolute atomic E-state index is 0.0952. The number of aryl methyl sites for hydroxylation is 1. The van der Waals surface area contributed by atoms with Gasteiger partial charge in [0, 0.05) is 23.4 Å². The van der Waals surface area contributed by atoms with Crippen LogP contribution in [0.3, 0.4) is 0 Å². The Labute approximate surface area is 172 Å². The molecule has 0 unspecified atom stereocenters. The molecule has 0 spiro atoms. The molecule has 0 bridgehead atoms. The molecule has 0 aliphatic carbocycles. The summed E-state index contributed by atoms with van der Waals surface area (Å²) in [5, 5.41) is 15.8. The molecule has 0 N–H and O–H groups in total. The van der Waals surface area contributed by atoms with E-state index in [9.17, 15) is 10.1 Å². The summed E-state index contributed by atoms with van der Waals surface area (Å²) in [6, 6.07) is 18.9. The molecule has 0 radical (unpaired) electrons. The summed E-state index contributed by atoms with van der Waals surface area (Å²) in [5.41, 5.74) is 4.11. The minimum Gasteiger partial charge on any atom is -0.258 e.